The average Bonchev–Trinajstić information content (AvgIpc) is 2.90. The summed E-state index contributed by atoms with van der Waals surface area (Å²) in [6, 6.07) is 6.51. The largest absolute Gasteiger partial charge is 0.229 e. The number of benzene rings is 1. The molecule has 3 rings (SSSR count). The molecule has 0 spiro atoms. The molecule has 0 atom stereocenters. The highest BCUT2D eigenvalue weighted by molar-refractivity contribution is 7.99. The number of nitrogens with zero attached hydrogens (tertiary/aromatic N) is 2. The van der Waals surface area contributed by atoms with E-state index in [1.165, 1.54) is 12.1 Å². The summed E-state index contributed by atoms with van der Waals surface area (Å²) in [6.45, 7) is 3.73. The molecule has 20 heavy (non-hydrogen) atoms. The lowest BCUT2D eigenvalue weighted by atomic mass is 10.1. The maximum atomic E-state index is 13.1. The fourth-order valence-electron chi connectivity index (χ4n) is 1.94. The molecule has 3 aromatic rings. The quantitative estimate of drug-likeness (QED) is 0.394. The second-order valence-corrected chi connectivity index (χ2v) is 5.98. The van der Waals surface area contributed by atoms with Gasteiger partial charge in [-0.25, -0.2) is 14.4 Å². The number of fused-ring (bicyclic) bond motifs is 1. The second kappa shape index (κ2) is 5.73. The fraction of sp³-hybridized carbons (Fsp3) is 0.0667. The smallest absolute Gasteiger partial charge is 0.128 e. The summed E-state index contributed by atoms with van der Waals surface area (Å²) >= 11 is 3.21. The third-order valence-electron chi connectivity index (χ3n) is 2.83. The lowest BCUT2D eigenvalue weighted by Crippen LogP contribution is -1.86. The highest BCUT2D eigenvalue weighted by Crippen LogP contribution is 2.37. The van der Waals surface area contributed by atoms with Gasteiger partial charge in [0.25, 0.3) is 0 Å². The van der Waals surface area contributed by atoms with Gasteiger partial charge >= 0.3 is 0 Å². The molecule has 2 aromatic heterocycles. The molecule has 0 saturated heterocycles. The van der Waals surface area contributed by atoms with E-state index in [9.17, 15) is 4.39 Å². The van der Waals surface area contributed by atoms with Crippen LogP contribution in [-0.4, -0.2) is 15.7 Å². The highest BCUT2D eigenvalue weighted by atomic mass is 32.2. The molecule has 0 aliphatic heterocycles. The van der Waals surface area contributed by atoms with Crippen LogP contribution in [0.15, 0.2) is 53.7 Å². The van der Waals surface area contributed by atoms with Crippen molar-refractivity contribution < 1.29 is 4.39 Å². The fourth-order valence-corrected chi connectivity index (χ4v) is 3.67. The average molecular weight is 302 g/mol. The maximum Gasteiger partial charge on any atom is 0.128 e. The van der Waals surface area contributed by atoms with Crippen molar-refractivity contribution in [2.24, 2.45) is 0 Å². The summed E-state index contributed by atoms with van der Waals surface area (Å²) in [7, 11) is 0. The lowest BCUT2D eigenvalue weighted by Gasteiger charge is -2.04. The SMILES string of the molecule is C=CCSc1ncnc2scc(-c3ccc(F)cc3)c12. The van der Waals surface area contributed by atoms with Gasteiger partial charge in [-0.05, 0) is 17.7 Å². The molecule has 0 N–H and O–H groups in total. The van der Waals surface area contributed by atoms with E-state index < -0.39 is 0 Å². The highest BCUT2D eigenvalue weighted by Gasteiger charge is 2.13. The van der Waals surface area contributed by atoms with Crippen LogP contribution in [0.2, 0.25) is 0 Å². The molecule has 0 aliphatic rings. The van der Waals surface area contributed by atoms with Gasteiger partial charge in [0.05, 0.1) is 5.39 Å². The lowest BCUT2D eigenvalue weighted by molar-refractivity contribution is 0.628. The Morgan fingerprint density at radius 2 is 2.05 bits per heavy atom. The van der Waals surface area contributed by atoms with Crippen molar-refractivity contribution in [3.63, 3.8) is 0 Å². The number of hydrogen-bond donors (Lipinski definition) is 0. The minimum Gasteiger partial charge on any atom is -0.229 e. The summed E-state index contributed by atoms with van der Waals surface area (Å²) in [5.41, 5.74) is 2.03. The maximum absolute atomic E-state index is 13.1. The second-order valence-electron chi connectivity index (χ2n) is 4.11. The van der Waals surface area contributed by atoms with E-state index >= 15 is 0 Å². The number of thiophene rings is 1. The van der Waals surface area contributed by atoms with Crippen LogP contribution in [0.3, 0.4) is 0 Å². The van der Waals surface area contributed by atoms with E-state index in [4.69, 9.17) is 0 Å². The van der Waals surface area contributed by atoms with Crippen LogP contribution in [-0.2, 0) is 0 Å². The van der Waals surface area contributed by atoms with E-state index in [1.807, 2.05) is 11.5 Å². The van der Waals surface area contributed by atoms with Gasteiger partial charge in [0.15, 0.2) is 0 Å². The van der Waals surface area contributed by atoms with Crippen molar-refractivity contribution in [3.05, 3.63) is 54.4 Å². The Balaban J connectivity index is 2.15. The molecule has 100 valence electrons. The van der Waals surface area contributed by atoms with Crippen molar-refractivity contribution in [2.75, 3.05) is 5.75 Å². The molecule has 2 heterocycles. The monoisotopic (exact) mass is 302 g/mol. The molecule has 0 aliphatic carbocycles. The summed E-state index contributed by atoms with van der Waals surface area (Å²) in [5, 5.41) is 4.02. The summed E-state index contributed by atoms with van der Waals surface area (Å²) in [5.74, 6) is 0.566. The first-order chi connectivity index (χ1) is 9.79. The van der Waals surface area contributed by atoms with Crippen LogP contribution in [0.25, 0.3) is 21.3 Å². The Morgan fingerprint density at radius 1 is 1.25 bits per heavy atom. The van der Waals surface area contributed by atoms with E-state index in [2.05, 4.69) is 16.5 Å². The Kier molecular flexibility index (Phi) is 3.80. The van der Waals surface area contributed by atoms with Crippen LogP contribution in [0, 0.1) is 5.82 Å². The van der Waals surface area contributed by atoms with Crippen LogP contribution in [0.4, 0.5) is 4.39 Å². The van der Waals surface area contributed by atoms with Gasteiger partial charge in [0.2, 0.25) is 0 Å². The minimum absolute atomic E-state index is 0.231. The van der Waals surface area contributed by atoms with Crippen LogP contribution >= 0.6 is 23.1 Å². The Hall–Kier alpha value is -1.72. The molecular formula is C15H11FN2S2. The van der Waals surface area contributed by atoms with Gasteiger partial charge in [0.1, 0.15) is 22.0 Å². The molecule has 0 bridgehead atoms. The molecule has 0 saturated carbocycles. The molecule has 0 unspecified atom stereocenters. The third-order valence-corrected chi connectivity index (χ3v) is 4.70. The van der Waals surface area contributed by atoms with Crippen LogP contribution in [0.1, 0.15) is 0 Å². The summed E-state index contributed by atoms with van der Waals surface area (Å²) in [4.78, 5) is 9.61. The molecule has 2 nitrogen and oxygen atoms in total. The number of halogens is 1. The topological polar surface area (TPSA) is 25.8 Å². The van der Waals surface area contributed by atoms with Crippen molar-refractivity contribution in [1.29, 1.82) is 0 Å². The Labute approximate surface area is 124 Å². The van der Waals surface area contributed by atoms with E-state index in [-0.39, 0.29) is 5.82 Å². The normalized spacial score (nSPS) is 10.8. The molecule has 0 radical (unpaired) electrons. The molecular weight excluding hydrogens is 291 g/mol. The van der Waals surface area contributed by atoms with Crippen molar-refractivity contribution in [1.82, 2.24) is 9.97 Å². The first kappa shape index (κ1) is 13.3. The zero-order chi connectivity index (χ0) is 13.9. The number of hydrogen-bond acceptors (Lipinski definition) is 4. The zero-order valence-corrected chi connectivity index (χ0v) is 12.2. The van der Waals surface area contributed by atoms with Crippen molar-refractivity contribution in [3.8, 4) is 11.1 Å². The van der Waals surface area contributed by atoms with Gasteiger partial charge < -0.3 is 0 Å². The van der Waals surface area contributed by atoms with Gasteiger partial charge in [0, 0.05) is 16.7 Å². The van der Waals surface area contributed by atoms with E-state index in [0.717, 1.165) is 32.1 Å². The number of rotatable bonds is 4. The third kappa shape index (κ3) is 2.46. The molecule has 5 heteroatoms. The van der Waals surface area contributed by atoms with Crippen molar-refractivity contribution >= 4 is 33.3 Å². The van der Waals surface area contributed by atoms with Crippen molar-refractivity contribution in [2.45, 2.75) is 5.03 Å². The first-order valence-electron chi connectivity index (χ1n) is 6.01. The predicted octanol–water partition coefficient (Wildman–Crippen LogP) is 4.78. The summed E-state index contributed by atoms with van der Waals surface area (Å²) < 4.78 is 13.1. The molecule has 0 fully saturated rings. The van der Waals surface area contributed by atoms with Gasteiger partial charge in [-0.15, -0.1) is 29.7 Å². The first-order valence-corrected chi connectivity index (χ1v) is 7.88. The van der Waals surface area contributed by atoms with Crippen LogP contribution < -0.4 is 0 Å². The minimum atomic E-state index is -0.231. The Bertz CT molecular complexity index is 750. The molecule has 0 amide bonds. The Morgan fingerprint density at radius 3 is 2.80 bits per heavy atom. The molecule has 1 aromatic carbocycles. The van der Waals surface area contributed by atoms with Gasteiger partial charge in [-0.1, -0.05) is 18.2 Å². The van der Waals surface area contributed by atoms with Gasteiger partial charge in [-0.3, -0.25) is 0 Å². The number of aromatic nitrogens is 2. The number of thioether (sulfide) groups is 1. The van der Waals surface area contributed by atoms with E-state index in [1.54, 1.807) is 41.6 Å². The van der Waals surface area contributed by atoms with Crippen LogP contribution in [0.5, 0.6) is 0 Å². The standard InChI is InChI=1S/C15H11FN2S2/c1-2-7-19-14-13-12(8-20-15(13)18-9-17-14)10-3-5-11(16)6-4-10/h2-6,8-9H,1,7H2. The zero-order valence-electron chi connectivity index (χ0n) is 10.5. The summed E-state index contributed by atoms with van der Waals surface area (Å²) in [6.07, 6.45) is 3.43. The van der Waals surface area contributed by atoms with E-state index in [0.29, 0.717) is 0 Å². The predicted molar refractivity (Wildman–Crippen MR) is 83.7 cm³/mol. The van der Waals surface area contributed by atoms with Gasteiger partial charge in [-0.2, -0.15) is 0 Å².